The van der Waals surface area contributed by atoms with E-state index in [0.717, 1.165) is 0 Å². The average Bonchev–Trinajstić information content (AvgIpc) is 3.12. The van der Waals surface area contributed by atoms with Gasteiger partial charge >= 0.3 is 0 Å². The molecule has 0 aromatic heterocycles. The third-order valence-electron chi connectivity index (χ3n) is 8.50. The van der Waals surface area contributed by atoms with Crippen LogP contribution >= 0.6 is 11.8 Å². The Morgan fingerprint density at radius 1 is 0.289 bits per heavy atom. The summed E-state index contributed by atoms with van der Waals surface area (Å²) in [5.41, 5.74) is 9.88. The van der Waals surface area contributed by atoms with Gasteiger partial charge in [0.1, 0.15) is 0 Å². The highest BCUT2D eigenvalue weighted by atomic mass is 32.2. The van der Waals surface area contributed by atoms with E-state index in [2.05, 4.69) is 182 Å². The second-order valence-electron chi connectivity index (χ2n) is 11.3. The molecule has 0 spiro atoms. The van der Waals surface area contributed by atoms with Crippen molar-refractivity contribution in [3.05, 3.63) is 182 Å². The van der Waals surface area contributed by atoms with Gasteiger partial charge in [0.15, 0.2) is 0 Å². The van der Waals surface area contributed by atoms with Crippen molar-refractivity contribution in [1.29, 1.82) is 0 Å². The molecule has 0 saturated carbocycles. The Morgan fingerprint density at radius 2 is 0.600 bits per heavy atom. The minimum atomic E-state index is 1.22. The van der Waals surface area contributed by atoms with Crippen molar-refractivity contribution in [2.75, 3.05) is 0 Å². The van der Waals surface area contributed by atoms with Gasteiger partial charge in [-0.1, -0.05) is 182 Å². The lowest BCUT2D eigenvalue weighted by Crippen LogP contribution is -1.95. The summed E-state index contributed by atoms with van der Waals surface area (Å²) >= 11 is 1.91. The lowest BCUT2D eigenvalue weighted by molar-refractivity contribution is 1.45. The maximum atomic E-state index is 2.37. The van der Waals surface area contributed by atoms with Gasteiger partial charge < -0.3 is 0 Å². The first-order chi connectivity index (χ1) is 22.3. The minimum Gasteiger partial charge on any atom is -0.0874 e. The standard InChI is InChI=1S/C44H30S/c1-5-17-31(18-6-1)39-29-35-25-13-15-27-37(35)43(41(39)33-21-9-3-10-22-33)45-44-38-28-16-14-26-36(38)30-40(32-19-7-2-8-20-32)42(44)34-23-11-4-12-24-34/h1-30H. The van der Waals surface area contributed by atoms with Crippen LogP contribution in [0.25, 0.3) is 66.1 Å². The summed E-state index contributed by atoms with van der Waals surface area (Å²) in [5.74, 6) is 0. The quantitative estimate of drug-likeness (QED) is 0.186. The molecule has 8 aromatic rings. The van der Waals surface area contributed by atoms with E-state index < -0.39 is 0 Å². The van der Waals surface area contributed by atoms with Crippen molar-refractivity contribution in [3.63, 3.8) is 0 Å². The van der Waals surface area contributed by atoms with Gasteiger partial charge in [-0.3, -0.25) is 0 Å². The summed E-state index contributed by atoms with van der Waals surface area (Å²) in [6.07, 6.45) is 0. The number of fused-ring (bicyclic) bond motifs is 2. The third-order valence-corrected chi connectivity index (χ3v) is 9.76. The highest BCUT2D eigenvalue weighted by Gasteiger charge is 2.22. The fourth-order valence-corrected chi connectivity index (χ4v) is 7.87. The summed E-state index contributed by atoms with van der Waals surface area (Å²) < 4.78 is 0. The Kier molecular flexibility index (Phi) is 7.23. The molecule has 0 saturated heterocycles. The molecule has 45 heavy (non-hydrogen) atoms. The Labute approximate surface area is 268 Å². The van der Waals surface area contributed by atoms with Gasteiger partial charge in [0.25, 0.3) is 0 Å². The van der Waals surface area contributed by atoms with Crippen molar-refractivity contribution in [2.45, 2.75) is 9.79 Å². The molecule has 0 unspecified atom stereocenters. The fourth-order valence-electron chi connectivity index (χ4n) is 6.42. The molecule has 0 aliphatic rings. The van der Waals surface area contributed by atoms with Crippen LogP contribution in [0.15, 0.2) is 192 Å². The summed E-state index contributed by atoms with van der Waals surface area (Å²) in [6.45, 7) is 0. The molecule has 0 aliphatic carbocycles. The van der Waals surface area contributed by atoms with Crippen LogP contribution in [0.5, 0.6) is 0 Å². The molecule has 0 heterocycles. The number of rotatable bonds is 6. The van der Waals surface area contributed by atoms with Crippen molar-refractivity contribution in [1.82, 2.24) is 0 Å². The third kappa shape index (κ3) is 5.12. The molecular weight excluding hydrogens is 561 g/mol. The average molecular weight is 591 g/mol. The van der Waals surface area contributed by atoms with E-state index in [9.17, 15) is 0 Å². The summed E-state index contributed by atoms with van der Waals surface area (Å²) in [6, 6.07) is 65.8. The minimum absolute atomic E-state index is 1.22. The molecule has 0 radical (unpaired) electrons. The molecule has 1 heteroatoms. The summed E-state index contributed by atoms with van der Waals surface area (Å²) in [4.78, 5) is 2.54. The Bertz CT molecular complexity index is 2090. The van der Waals surface area contributed by atoms with E-state index in [4.69, 9.17) is 0 Å². The maximum Gasteiger partial charge on any atom is 0.0286 e. The SMILES string of the molecule is c1ccc(-c2cc3ccccc3c(Sc3c(-c4ccccc4)c(-c4ccccc4)cc4ccccc34)c2-c2ccccc2)cc1. The van der Waals surface area contributed by atoms with Gasteiger partial charge in [-0.25, -0.2) is 0 Å². The van der Waals surface area contributed by atoms with Gasteiger partial charge in [-0.05, 0) is 67.1 Å². The van der Waals surface area contributed by atoms with Crippen LogP contribution in [-0.2, 0) is 0 Å². The van der Waals surface area contributed by atoms with Crippen LogP contribution in [-0.4, -0.2) is 0 Å². The van der Waals surface area contributed by atoms with E-state index in [0.29, 0.717) is 0 Å². The van der Waals surface area contributed by atoms with Crippen molar-refractivity contribution in [3.8, 4) is 44.5 Å². The van der Waals surface area contributed by atoms with Crippen molar-refractivity contribution in [2.24, 2.45) is 0 Å². The molecule has 0 amide bonds. The highest BCUT2D eigenvalue weighted by molar-refractivity contribution is 8.00. The smallest absolute Gasteiger partial charge is 0.0286 e. The van der Waals surface area contributed by atoms with Gasteiger partial charge in [-0.15, -0.1) is 0 Å². The Hall–Kier alpha value is -5.37. The molecule has 8 rings (SSSR count). The molecule has 212 valence electrons. The van der Waals surface area contributed by atoms with E-state index in [1.165, 1.54) is 75.8 Å². The monoisotopic (exact) mass is 590 g/mol. The first-order valence-corrected chi connectivity index (χ1v) is 16.2. The zero-order valence-corrected chi connectivity index (χ0v) is 25.5. The molecule has 0 N–H and O–H groups in total. The second-order valence-corrected chi connectivity index (χ2v) is 12.3. The van der Waals surface area contributed by atoms with Crippen LogP contribution in [0, 0.1) is 0 Å². The van der Waals surface area contributed by atoms with Crippen LogP contribution < -0.4 is 0 Å². The maximum absolute atomic E-state index is 2.37. The molecular formula is C44H30S. The molecule has 0 fully saturated rings. The molecule has 0 aliphatic heterocycles. The molecule has 8 aromatic carbocycles. The van der Waals surface area contributed by atoms with Gasteiger partial charge in [0.05, 0.1) is 0 Å². The van der Waals surface area contributed by atoms with Crippen molar-refractivity contribution >= 4 is 33.3 Å². The lowest BCUT2D eigenvalue weighted by Gasteiger charge is -2.22. The topological polar surface area (TPSA) is 0 Å². The number of hydrogen-bond acceptors (Lipinski definition) is 1. The Morgan fingerprint density at radius 3 is 0.978 bits per heavy atom. The number of benzene rings is 8. The summed E-state index contributed by atoms with van der Waals surface area (Å²) in [5, 5.41) is 5.00. The van der Waals surface area contributed by atoms with E-state index in [1.54, 1.807) is 0 Å². The van der Waals surface area contributed by atoms with Crippen LogP contribution in [0.3, 0.4) is 0 Å². The first-order valence-electron chi connectivity index (χ1n) is 15.4. The highest BCUT2D eigenvalue weighted by Crippen LogP contribution is 2.52. The first kappa shape index (κ1) is 27.2. The van der Waals surface area contributed by atoms with Crippen molar-refractivity contribution < 1.29 is 0 Å². The van der Waals surface area contributed by atoms with Gasteiger partial charge in [0, 0.05) is 20.9 Å². The second kappa shape index (κ2) is 12.0. The lowest BCUT2D eigenvalue weighted by atomic mass is 9.91. The molecule has 0 nitrogen and oxygen atoms in total. The normalized spacial score (nSPS) is 11.2. The van der Waals surface area contributed by atoms with E-state index in [1.807, 2.05) is 11.8 Å². The zero-order valence-electron chi connectivity index (χ0n) is 24.7. The molecule has 0 atom stereocenters. The van der Waals surface area contributed by atoms with Gasteiger partial charge in [0.2, 0.25) is 0 Å². The van der Waals surface area contributed by atoms with Crippen LogP contribution in [0.2, 0.25) is 0 Å². The van der Waals surface area contributed by atoms with Crippen LogP contribution in [0.1, 0.15) is 0 Å². The van der Waals surface area contributed by atoms with E-state index in [-0.39, 0.29) is 0 Å². The Balaban J connectivity index is 1.51. The molecule has 0 bridgehead atoms. The predicted molar refractivity (Wildman–Crippen MR) is 194 cm³/mol. The fraction of sp³-hybridized carbons (Fsp3) is 0. The predicted octanol–water partition coefficient (Wildman–Crippen LogP) is 12.8. The zero-order chi connectivity index (χ0) is 30.0. The van der Waals surface area contributed by atoms with E-state index >= 15 is 0 Å². The largest absolute Gasteiger partial charge is 0.0874 e. The number of hydrogen-bond donors (Lipinski definition) is 0. The van der Waals surface area contributed by atoms with Crippen LogP contribution in [0.4, 0.5) is 0 Å². The van der Waals surface area contributed by atoms with Gasteiger partial charge in [-0.2, -0.15) is 0 Å². The summed E-state index contributed by atoms with van der Waals surface area (Å²) in [7, 11) is 0.